The summed E-state index contributed by atoms with van der Waals surface area (Å²) >= 11 is 0. The Balaban J connectivity index is 0.000000567. The Morgan fingerprint density at radius 3 is 2.14 bits per heavy atom. The Morgan fingerprint density at radius 2 is 1.71 bits per heavy atom. The zero-order chi connectivity index (χ0) is 16.1. The molecule has 21 heavy (non-hydrogen) atoms. The highest BCUT2D eigenvalue weighted by atomic mass is 16.4. The third-order valence-corrected chi connectivity index (χ3v) is 2.52. The number of aliphatic hydroxyl groups is 1. The van der Waals surface area contributed by atoms with Gasteiger partial charge in [0.1, 0.15) is 0 Å². The van der Waals surface area contributed by atoms with Crippen molar-refractivity contribution in [2.45, 2.75) is 6.92 Å². The van der Waals surface area contributed by atoms with Crippen LogP contribution in [0.1, 0.15) is 12.5 Å². The van der Waals surface area contributed by atoms with Crippen LogP contribution in [0.3, 0.4) is 0 Å². The van der Waals surface area contributed by atoms with Crippen molar-refractivity contribution >= 4 is 18.0 Å². The first kappa shape index (κ1) is 18.8. The molecule has 0 saturated heterocycles. The molecule has 0 heterocycles. The summed E-state index contributed by atoms with van der Waals surface area (Å²) in [5.74, 6) is -3.65. The van der Waals surface area contributed by atoms with E-state index in [2.05, 4.69) is 36.1 Å². The van der Waals surface area contributed by atoms with E-state index in [0.29, 0.717) is 0 Å². The molecule has 1 rings (SSSR count). The molecule has 0 atom stereocenters. The molecule has 0 amide bonds. The van der Waals surface area contributed by atoms with Crippen LogP contribution in [-0.2, 0) is 9.59 Å². The number of nitrogens with zero attached hydrogens (tertiary/aromatic N) is 1. The standard InChI is InChI=1S/C13H19NO.C2H2O4/c1-2-14(11-12-15)10-6-9-13-7-4-3-5-8-13;3-1(4)2(5)6/h3-9,15H,2,10-12H2,1H3;(H,3,4)(H,5,6). The summed E-state index contributed by atoms with van der Waals surface area (Å²) in [5.41, 5.74) is 1.22. The van der Waals surface area contributed by atoms with E-state index in [1.165, 1.54) is 5.56 Å². The summed E-state index contributed by atoms with van der Waals surface area (Å²) in [6, 6.07) is 10.2. The number of benzene rings is 1. The maximum absolute atomic E-state index is 9.10. The molecule has 0 unspecified atom stereocenters. The van der Waals surface area contributed by atoms with Gasteiger partial charge in [-0.05, 0) is 12.1 Å². The van der Waals surface area contributed by atoms with Crippen LogP contribution in [0.4, 0.5) is 0 Å². The first-order valence-electron chi connectivity index (χ1n) is 6.52. The van der Waals surface area contributed by atoms with Crippen LogP contribution >= 0.6 is 0 Å². The summed E-state index contributed by atoms with van der Waals surface area (Å²) < 4.78 is 0. The second kappa shape index (κ2) is 11.6. The summed E-state index contributed by atoms with van der Waals surface area (Å²) in [5, 5.41) is 23.6. The second-order valence-corrected chi connectivity index (χ2v) is 4.04. The Labute approximate surface area is 123 Å². The van der Waals surface area contributed by atoms with E-state index in [1.54, 1.807) is 0 Å². The zero-order valence-electron chi connectivity index (χ0n) is 12.0. The average Bonchev–Trinajstić information content (AvgIpc) is 2.48. The van der Waals surface area contributed by atoms with Crippen LogP contribution in [-0.4, -0.2) is 58.4 Å². The van der Waals surface area contributed by atoms with Gasteiger partial charge in [-0.2, -0.15) is 0 Å². The van der Waals surface area contributed by atoms with Gasteiger partial charge in [0.15, 0.2) is 0 Å². The van der Waals surface area contributed by atoms with Crippen molar-refractivity contribution in [2.75, 3.05) is 26.2 Å². The van der Waals surface area contributed by atoms with Crippen molar-refractivity contribution in [1.29, 1.82) is 0 Å². The highest BCUT2D eigenvalue weighted by Gasteiger charge is 2.04. The molecule has 0 aliphatic carbocycles. The first-order chi connectivity index (χ1) is 10.0. The van der Waals surface area contributed by atoms with Crippen molar-refractivity contribution in [2.24, 2.45) is 0 Å². The molecule has 0 aliphatic heterocycles. The van der Waals surface area contributed by atoms with Crippen molar-refractivity contribution in [3.8, 4) is 0 Å². The molecular formula is C15H21NO5. The zero-order valence-corrected chi connectivity index (χ0v) is 12.0. The fraction of sp³-hybridized carbons (Fsp3) is 0.333. The lowest BCUT2D eigenvalue weighted by atomic mass is 10.2. The fourth-order valence-corrected chi connectivity index (χ4v) is 1.42. The van der Waals surface area contributed by atoms with Gasteiger partial charge < -0.3 is 15.3 Å². The van der Waals surface area contributed by atoms with E-state index in [0.717, 1.165) is 19.6 Å². The Morgan fingerprint density at radius 1 is 1.14 bits per heavy atom. The van der Waals surface area contributed by atoms with E-state index in [4.69, 9.17) is 24.9 Å². The van der Waals surface area contributed by atoms with E-state index in [1.807, 2.05) is 18.2 Å². The molecule has 116 valence electrons. The van der Waals surface area contributed by atoms with Crippen molar-refractivity contribution in [3.05, 3.63) is 42.0 Å². The molecule has 0 bridgehead atoms. The third kappa shape index (κ3) is 10.3. The highest BCUT2D eigenvalue weighted by molar-refractivity contribution is 6.27. The number of carboxylic acids is 2. The predicted octanol–water partition coefficient (Wildman–Crippen LogP) is 1.17. The van der Waals surface area contributed by atoms with Gasteiger partial charge in [0.2, 0.25) is 0 Å². The molecule has 0 saturated carbocycles. The van der Waals surface area contributed by atoms with Crippen molar-refractivity contribution in [3.63, 3.8) is 0 Å². The largest absolute Gasteiger partial charge is 0.473 e. The SMILES string of the molecule is CCN(CC=Cc1ccccc1)CCO.O=C(O)C(=O)O. The molecule has 6 nitrogen and oxygen atoms in total. The summed E-state index contributed by atoms with van der Waals surface area (Å²) in [4.78, 5) is 20.4. The van der Waals surface area contributed by atoms with Gasteiger partial charge in [0, 0.05) is 13.1 Å². The molecular weight excluding hydrogens is 274 g/mol. The molecule has 1 aromatic rings. The normalized spacial score (nSPS) is 10.2. The van der Waals surface area contributed by atoms with Crippen molar-refractivity contribution in [1.82, 2.24) is 4.90 Å². The summed E-state index contributed by atoms with van der Waals surface area (Å²) in [6.45, 7) is 4.94. The number of hydrogen-bond donors (Lipinski definition) is 3. The minimum atomic E-state index is -1.82. The van der Waals surface area contributed by atoms with E-state index >= 15 is 0 Å². The number of likely N-dealkylation sites (N-methyl/N-ethyl adjacent to an activating group) is 1. The predicted molar refractivity (Wildman–Crippen MR) is 79.9 cm³/mol. The van der Waals surface area contributed by atoms with E-state index < -0.39 is 11.9 Å². The van der Waals surface area contributed by atoms with E-state index in [9.17, 15) is 0 Å². The second-order valence-electron chi connectivity index (χ2n) is 4.04. The molecule has 1 aromatic carbocycles. The first-order valence-corrected chi connectivity index (χ1v) is 6.52. The quantitative estimate of drug-likeness (QED) is 0.681. The van der Waals surface area contributed by atoms with Gasteiger partial charge in [-0.15, -0.1) is 0 Å². The average molecular weight is 295 g/mol. The molecule has 6 heteroatoms. The number of carboxylic acid groups (broad SMARTS) is 2. The van der Waals surface area contributed by atoms with Crippen LogP contribution in [0.15, 0.2) is 36.4 Å². The van der Waals surface area contributed by atoms with Crippen LogP contribution in [0.2, 0.25) is 0 Å². The number of aliphatic hydroxyl groups excluding tert-OH is 1. The summed E-state index contributed by atoms with van der Waals surface area (Å²) in [7, 11) is 0. The lowest BCUT2D eigenvalue weighted by molar-refractivity contribution is -0.159. The fourth-order valence-electron chi connectivity index (χ4n) is 1.42. The molecule has 0 aliphatic rings. The third-order valence-electron chi connectivity index (χ3n) is 2.52. The van der Waals surface area contributed by atoms with Gasteiger partial charge in [0.05, 0.1) is 6.61 Å². The number of hydrogen-bond acceptors (Lipinski definition) is 4. The Kier molecular flexibility index (Phi) is 10.4. The van der Waals surface area contributed by atoms with Gasteiger partial charge in [-0.3, -0.25) is 4.90 Å². The lowest BCUT2D eigenvalue weighted by Gasteiger charge is -2.16. The molecule has 0 radical (unpaired) electrons. The van der Waals surface area contributed by atoms with E-state index in [-0.39, 0.29) is 6.61 Å². The van der Waals surface area contributed by atoms with Crippen molar-refractivity contribution < 1.29 is 24.9 Å². The van der Waals surface area contributed by atoms with Crippen LogP contribution in [0.5, 0.6) is 0 Å². The number of carbonyl (C=O) groups is 2. The molecule has 0 fully saturated rings. The molecule has 0 spiro atoms. The van der Waals surface area contributed by atoms with Gasteiger partial charge in [-0.1, -0.05) is 49.4 Å². The summed E-state index contributed by atoms with van der Waals surface area (Å²) in [6.07, 6.45) is 4.24. The minimum Gasteiger partial charge on any atom is -0.473 e. The maximum atomic E-state index is 9.10. The highest BCUT2D eigenvalue weighted by Crippen LogP contribution is 2.01. The Bertz CT molecular complexity index is 433. The topological polar surface area (TPSA) is 98.1 Å². The smallest absolute Gasteiger partial charge is 0.414 e. The monoisotopic (exact) mass is 295 g/mol. The minimum absolute atomic E-state index is 0.229. The van der Waals surface area contributed by atoms with Gasteiger partial charge in [-0.25, -0.2) is 9.59 Å². The number of aliphatic carboxylic acids is 2. The van der Waals surface area contributed by atoms with Gasteiger partial charge >= 0.3 is 11.9 Å². The van der Waals surface area contributed by atoms with Gasteiger partial charge in [0.25, 0.3) is 0 Å². The number of rotatable bonds is 6. The molecule has 0 aromatic heterocycles. The Hall–Kier alpha value is -2.18. The van der Waals surface area contributed by atoms with Crippen LogP contribution < -0.4 is 0 Å². The maximum Gasteiger partial charge on any atom is 0.414 e. The van der Waals surface area contributed by atoms with Crippen LogP contribution in [0.25, 0.3) is 6.08 Å². The molecule has 3 N–H and O–H groups in total. The van der Waals surface area contributed by atoms with Crippen LogP contribution in [0, 0.1) is 0 Å². The lowest BCUT2D eigenvalue weighted by Crippen LogP contribution is -2.26.